The molecule has 1 heterocycles. The van der Waals surface area contributed by atoms with Crippen LogP contribution in [-0.4, -0.2) is 18.6 Å². The number of anilines is 1. The zero-order valence-electron chi connectivity index (χ0n) is 9.07. The Morgan fingerprint density at radius 2 is 2.12 bits per heavy atom. The van der Waals surface area contributed by atoms with E-state index in [0.29, 0.717) is 6.61 Å². The molecule has 1 amide bonds. The minimum Gasteiger partial charge on any atom is -0.378 e. The van der Waals surface area contributed by atoms with Gasteiger partial charge in [0.2, 0.25) is 5.91 Å². The summed E-state index contributed by atoms with van der Waals surface area (Å²) >= 11 is 3.35. The van der Waals surface area contributed by atoms with Crippen molar-refractivity contribution in [1.82, 2.24) is 0 Å². The predicted molar refractivity (Wildman–Crippen MR) is 66.3 cm³/mol. The zero-order chi connectivity index (χ0) is 11.5. The quantitative estimate of drug-likeness (QED) is 0.907. The maximum absolute atomic E-state index is 11.9. The Labute approximate surface area is 103 Å². The highest BCUT2D eigenvalue weighted by atomic mass is 79.9. The van der Waals surface area contributed by atoms with Gasteiger partial charge in [0.15, 0.2) is 0 Å². The molecule has 0 radical (unpaired) electrons. The molecule has 1 aromatic rings. The van der Waals surface area contributed by atoms with E-state index < -0.39 is 0 Å². The molecule has 2 unspecified atom stereocenters. The van der Waals surface area contributed by atoms with E-state index in [1.54, 1.807) is 0 Å². The monoisotopic (exact) mass is 283 g/mol. The van der Waals surface area contributed by atoms with Crippen molar-refractivity contribution in [3.8, 4) is 0 Å². The molecular formula is C12H14BrNO2. The largest absolute Gasteiger partial charge is 0.378 e. The van der Waals surface area contributed by atoms with Crippen LogP contribution in [0.3, 0.4) is 0 Å². The van der Waals surface area contributed by atoms with E-state index >= 15 is 0 Å². The van der Waals surface area contributed by atoms with Crippen LogP contribution in [0.25, 0.3) is 0 Å². The molecule has 1 fully saturated rings. The number of hydrogen-bond acceptors (Lipinski definition) is 2. The van der Waals surface area contributed by atoms with Crippen LogP contribution in [-0.2, 0) is 9.53 Å². The van der Waals surface area contributed by atoms with Crippen molar-refractivity contribution in [2.75, 3.05) is 11.9 Å². The molecule has 0 spiro atoms. The molecular weight excluding hydrogens is 270 g/mol. The number of hydrogen-bond donors (Lipinski definition) is 1. The van der Waals surface area contributed by atoms with Crippen LogP contribution in [0.2, 0.25) is 0 Å². The van der Waals surface area contributed by atoms with Crippen molar-refractivity contribution in [3.05, 3.63) is 28.7 Å². The Morgan fingerprint density at radius 3 is 2.69 bits per heavy atom. The van der Waals surface area contributed by atoms with Gasteiger partial charge in [-0.2, -0.15) is 0 Å². The normalized spacial score (nSPS) is 24.4. The maximum Gasteiger partial charge on any atom is 0.230 e. The number of amides is 1. The van der Waals surface area contributed by atoms with Crippen molar-refractivity contribution in [3.63, 3.8) is 0 Å². The molecule has 3 nitrogen and oxygen atoms in total. The second kappa shape index (κ2) is 4.97. The van der Waals surface area contributed by atoms with Gasteiger partial charge in [-0.15, -0.1) is 0 Å². The fourth-order valence-corrected chi connectivity index (χ4v) is 2.11. The summed E-state index contributed by atoms with van der Waals surface area (Å²) < 4.78 is 6.38. The Kier molecular flexibility index (Phi) is 3.61. The lowest BCUT2D eigenvalue weighted by atomic mass is 10.0. The molecule has 1 N–H and O–H groups in total. The Hall–Kier alpha value is -0.870. The molecule has 0 bridgehead atoms. The van der Waals surface area contributed by atoms with Crippen molar-refractivity contribution in [2.24, 2.45) is 5.92 Å². The predicted octanol–water partition coefficient (Wildman–Crippen LogP) is 2.81. The highest BCUT2D eigenvalue weighted by Crippen LogP contribution is 2.22. The van der Waals surface area contributed by atoms with Gasteiger partial charge in [0.05, 0.1) is 12.0 Å². The van der Waals surface area contributed by atoms with E-state index in [1.165, 1.54) is 0 Å². The van der Waals surface area contributed by atoms with E-state index in [2.05, 4.69) is 21.2 Å². The summed E-state index contributed by atoms with van der Waals surface area (Å²) in [5.41, 5.74) is 0.826. The van der Waals surface area contributed by atoms with Crippen LogP contribution in [0.15, 0.2) is 28.7 Å². The second-order valence-corrected chi connectivity index (χ2v) is 4.88. The Bertz CT molecular complexity index is 377. The molecule has 0 aromatic heterocycles. The summed E-state index contributed by atoms with van der Waals surface area (Å²) in [5, 5.41) is 2.90. The van der Waals surface area contributed by atoms with Crippen molar-refractivity contribution < 1.29 is 9.53 Å². The molecule has 16 heavy (non-hydrogen) atoms. The molecule has 0 saturated carbocycles. The average Bonchev–Trinajstić information content (AvgIpc) is 2.68. The Morgan fingerprint density at radius 1 is 1.44 bits per heavy atom. The SMILES string of the molecule is CC1OCCC1C(=O)Nc1ccc(Br)cc1. The fourth-order valence-electron chi connectivity index (χ4n) is 1.84. The van der Waals surface area contributed by atoms with Crippen LogP contribution >= 0.6 is 15.9 Å². The number of halogens is 1. The lowest BCUT2D eigenvalue weighted by Gasteiger charge is -2.13. The molecule has 0 aliphatic carbocycles. The van der Waals surface area contributed by atoms with Crippen LogP contribution < -0.4 is 5.32 Å². The molecule has 1 aromatic carbocycles. The number of benzene rings is 1. The van der Waals surface area contributed by atoms with Gasteiger partial charge in [-0.05, 0) is 37.6 Å². The first-order chi connectivity index (χ1) is 7.66. The minimum atomic E-state index is -0.0244. The first-order valence-electron chi connectivity index (χ1n) is 5.35. The van der Waals surface area contributed by atoms with Crippen LogP contribution in [0.4, 0.5) is 5.69 Å². The number of rotatable bonds is 2. The summed E-state index contributed by atoms with van der Waals surface area (Å²) in [6, 6.07) is 7.57. The van der Waals surface area contributed by atoms with E-state index in [9.17, 15) is 4.79 Å². The van der Waals surface area contributed by atoms with Gasteiger partial charge in [0.1, 0.15) is 0 Å². The summed E-state index contributed by atoms with van der Waals surface area (Å²) in [5.74, 6) is 0.0240. The van der Waals surface area contributed by atoms with Crippen molar-refractivity contribution in [1.29, 1.82) is 0 Å². The number of carbonyl (C=O) groups is 1. The molecule has 1 aliphatic heterocycles. The third-order valence-corrected chi connectivity index (χ3v) is 3.35. The summed E-state index contributed by atoms with van der Waals surface area (Å²) in [6.07, 6.45) is 0.833. The summed E-state index contributed by atoms with van der Waals surface area (Å²) in [7, 11) is 0. The average molecular weight is 284 g/mol. The minimum absolute atomic E-state index is 0.0236. The highest BCUT2D eigenvalue weighted by molar-refractivity contribution is 9.10. The molecule has 86 valence electrons. The fraction of sp³-hybridized carbons (Fsp3) is 0.417. The molecule has 4 heteroatoms. The lowest BCUT2D eigenvalue weighted by molar-refractivity contribution is -0.121. The topological polar surface area (TPSA) is 38.3 Å². The number of nitrogens with one attached hydrogen (secondary N) is 1. The van der Waals surface area contributed by atoms with Gasteiger partial charge in [0.25, 0.3) is 0 Å². The van der Waals surface area contributed by atoms with Gasteiger partial charge < -0.3 is 10.1 Å². The molecule has 1 saturated heterocycles. The first-order valence-corrected chi connectivity index (χ1v) is 6.14. The molecule has 2 atom stereocenters. The third kappa shape index (κ3) is 2.62. The third-order valence-electron chi connectivity index (χ3n) is 2.82. The van der Waals surface area contributed by atoms with Crippen LogP contribution in [0.1, 0.15) is 13.3 Å². The Balaban J connectivity index is 1.99. The zero-order valence-corrected chi connectivity index (χ0v) is 10.7. The number of carbonyl (C=O) groups excluding carboxylic acids is 1. The van der Waals surface area contributed by atoms with Crippen LogP contribution in [0, 0.1) is 5.92 Å². The highest BCUT2D eigenvalue weighted by Gasteiger charge is 2.30. The lowest BCUT2D eigenvalue weighted by Crippen LogP contribution is -2.27. The molecule has 2 rings (SSSR count). The van der Waals surface area contributed by atoms with Gasteiger partial charge >= 0.3 is 0 Å². The standard InChI is InChI=1S/C12H14BrNO2/c1-8-11(6-7-16-8)12(15)14-10-4-2-9(13)3-5-10/h2-5,8,11H,6-7H2,1H3,(H,14,15). The van der Waals surface area contributed by atoms with Gasteiger partial charge in [0, 0.05) is 16.8 Å². The van der Waals surface area contributed by atoms with E-state index in [4.69, 9.17) is 4.74 Å². The van der Waals surface area contributed by atoms with Crippen LogP contribution in [0.5, 0.6) is 0 Å². The van der Waals surface area contributed by atoms with Crippen molar-refractivity contribution in [2.45, 2.75) is 19.4 Å². The van der Waals surface area contributed by atoms with Crippen molar-refractivity contribution >= 4 is 27.5 Å². The molecule has 1 aliphatic rings. The van der Waals surface area contributed by atoms with Gasteiger partial charge in [-0.3, -0.25) is 4.79 Å². The van der Waals surface area contributed by atoms with Gasteiger partial charge in [-0.25, -0.2) is 0 Å². The maximum atomic E-state index is 11.9. The van der Waals surface area contributed by atoms with E-state index in [1.807, 2.05) is 31.2 Å². The number of ether oxygens (including phenoxy) is 1. The summed E-state index contributed by atoms with van der Waals surface area (Å²) in [6.45, 7) is 2.62. The van der Waals surface area contributed by atoms with E-state index in [0.717, 1.165) is 16.6 Å². The van der Waals surface area contributed by atoms with Gasteiger partial charge in [-0.1, -0.05) is 15.9 Å². The second-order valence-electron chi connectivity index (χ2n) is 3.97. The summed E-state index contributed by atoms with van der Waals surface area (Å²) in [4.78, 5) is 11.9. The smallest absolute Gasteiger partial charge is 0.230 e. The first kappa shape index (κ1) is 11.6. The van der Waals surface area contributed by atoms with E-state index in [-0.39, 0.29) is 17.9 Å².